The lowest BCUT2D eigenvalue weighted by atomic mass is 9.96. The molecular weight excluding hydrogens is 244 g/mol. The zero-order valence-electron chi connectivity index (χ0n) is 13.5. The van der Waals surface area contributed by atoms with Crippen molar-refractivity contribution in [2.75, 3.05) is 0 Å². The molecular formula is C15H28O4. The van der Waals surface area contributed by atoms with E-state index < -0.39 is 23.0 Å². The summed E-state index contributed by atoms with van der Waals surface area (Å²) < 4.78 is 10.6. The Morgan fingerprint density at radius 2 is 1.42 bits per heavy atom. The summed E-state index contributed by atoms with van der Waals surface area (Å²) in [6, 6.07) is 0. The van der Waals surface area contributed by atoms with Crippen molar-refractivity contribution in [3.63, 3.8) is 0 Å². The van der Waals surface area contributed by atoms with Gasteiger partial charge in [-0.25, -0.2) is 4.79 Å². The molecule has 0 aromatic heterocycles. The van der Waals surface area contributed by atoms with Crippen molar-refractivity contribution in [3.8, 4) is 0 Å². The maximum atomic E-state index is 12.0. The van der Waals surface area contributed by atoms with Gasteiger partial charge in [0, 0.05) is 0 Å². The second-order valence-electron chi connectivity index (χ2n) is 7.00. The number of carbonyl (C=O) groups excluding carboxylic acids is 2. The van der Waals surface area contributed by atoms with Crippen LogP contribution >= 0.6 is 0 Å². The Morgan fingerprint density at radius 1 is 0.947 bits per heavy atom. The molecule has 0 bridgehead atoms. The quantitative estimate of drug-likeness (QED) is 0.720. The highest BCUT2D eigenvalue weighted by Crippen LogP contribution is 2.22. The van der Waals surface area contributed by atoms with Gasteiger partial charge in [-0.2, -0.15) is 0 Å². The third-order valence-electron chi connectivity index (χ3n) is 2.56. The Kier molecular flexibility index (Phi) is 6.04. The molecule has 0 aromatic rings. The number of esters is 2. The van der Waals surface area contributed by atoms with Gasteiger partial charge in [-0.15, -0.1) is 0 Å². The molecule has 0 spiro atoms. The molecule has 0 aliphatic rings. The zero-order chi connectivity index (χ0) is 15.4. The van der Waals surface area contributed by atoms with E-state index in [1.807, 2.05) is 6.92 Å². The van der Waals surface area contributed by atoms with E-state index in [4.69, 9.17) is 9.47 Å². The van der Waals surface area contributed by atoms with E-state index >= 15 is 0 Å². The van der Waals surface area contributed by atoms with E-state index in [1.165, 1.54) is 0 Å². The van der Waals surface area contributed by atoms with Crippen LogP contribution in [0.3, 0.4) is 0 Å². The van der Waals surface area contributed by atoms with Crippen molar-refractivity contribution in [2.24, 2.45) is 11.3 Å². The van der Waals surface area contributed by atoms with Crippen LogP contribution in [-0.2, 0) is 19.1 Å². The van der Waals surface area contributed by atoms with E-state index in [0.29, 0.717) is 5.92 Å². The molecule has 0 aromatic carbocycles. The standard InChI is InChI=1S/C15H28O4/c1-10(2)9-11(3)18-13(17)15(7,8)19-12(16)14(4,5)6/h10-11H,9H2,1-8H3. The summed E-state index contributed by atoms with van der Waals surface area (Å²) in [5.41, 5.74) is -1.89. The minimum Gasteiger partial charge on any atom is -0.460 e. The van der Waals surface area contributed by atoms with Gasteiger partial charge in [0.2, 0.25) is 5.60 Å². The second-order valence-corrected chi connectivity index (χ2v) is 7.00. The lowest BCUT2D eigenvalue weighted by Crippen LogP contribution is -2.43. The molecule has 0 fully saturated rings. The Hall–Kier alpha value is -1.06. The summed E-state index contributed by atoms with van der Waals surface area (Å²) in [5.74, 6) is -0.466. The van der Waals surface area contributed by atoms with Gasteiger partial charge in [0.05, 0.1) is 11.5 Å². The molecule has 0 saturated carbocycles. The summed E-state index contributed by atoms with van der Waals surface area (Å²) in [6.45, 7) is 14.3. The molecule has 0 radical (unpaired) electrons. The van der Waals surface area contributed by atoms with Gasteiger partial charge in [0.1, 0.15) is 0 Å². The van der Waals surface area contributed by atoms with Crippen LogP contribution in [0.4, 0.5) is 0 Å². The molecule has 0 saturated heterocycles. The first-order valence-corrected chi connectivity index (χ1v) is 6.80. The average Bonchev–Trinajstić information content (AvgIpc) is 2.13. The molecule has 1 unspecified atom stereocenters. The van der Waals surface area contributed by atoms with Crippen molar-refractivity contribution >= 4 is 11.9 Å². The number of rotatable bonds is 5. The van der Waals surface area contributed by atoms with Gasteiger partial charge in [-0.05, 0) is 53.9 Å². The zero-order valence-corrected chi connectivity index (χ0v) is 13.5. The SMILES string of the molecule is CC(C)CC(C)OC(=O)C(C)(C)OC(=O)C(C)(C)C. The molecule has 1 atom stereocenters. The number of hydrogen-bond donors (Lipinski definition) is 0. The molecule has 0 aliphatic heterocycles. The number of hydrogen-bond acceptors (Lipinski definition) is 4. The summed E-state index contributed by atoms with van der Waals surface area (Å²) in [6.07, 6.45) is 0.606. The lowest BCUT2D eigenvalue weighted by Gasteiger charge is -2.28. The fraction of sp³-hybridized carbons (Fsp3) is 0.867. The number of carbonyl (C=O) groups is 2. The fourth-order valence-corrected chi connectivity index (χ4v) is 1.46. The van der Waals surface area contributed by atoms with Crippen LogP contribution in [-0.4, -0.2) is 23.6 Å². The minimum absolute atomic E-state index is 0.180. The summed E-state index contributed by atoms with van der Waals surface area (Å²) >= 11 is 0. The Morgan fingerprint density at radius 3 is 1.79 bits per heavy atom. The van der Waals surface area contributed by atoms with E-state index in [9.17, 15) is 9.59 Å². The first-order valence-electron chi connectivity index (χ1n) is 6.80. The molecule has 0 heterocycles. The monoisotopic (exact) mass is 272 g/mol. The summed E-state index contributed by atoms with van der Waals surface area (Å²) in [5, 5.41) is 0. The largest absolute Gasteiger partial charge is 0.460 e. The molecule has 4 nitrogen and oxygen atoms in total. The second kappa shape index (κ2) is 6.40. The molecule has 4 heteroatoms. The molecule has 0 aliphatic carbocycles. The molecule has 0 rings (SSSR count). The predicted molar refractivity (Wildman–Crippen MR) is 74.6 cm³/mol. The molecule has 0 N–H and O–H groups in total. The van der Waals surface area contributed by atoms with Gasteiger partial charge < -0.3 is 9.47 Å². The van der Waals surface area contributed by atoms with Crippen LogP contribution in [0.5, 0.6) is 0 Å². The van der Waals surface area contributed by atoms with Gasteiger partial charge in [-0.1, -0.05) is 13.8 Å². The third kappa shape index (κ3) is 6.60. The van der Waals surface area contributed by atoms with E-state index in [0.717, 1.165) is 6.42 Å². The van der Waals surface area contributed by atoms with Crippen molar-refractivity contribution in [3.05, 3.63) is 0 Å². The van der Waals surface area contributed by atoms with Crippen LogP contribution in [0, 0.1) is 11.3 Å². The minimum atomic E-state index is -1.25. The van der Waals surface area contributed by atoms with Gasteiger partial charge in [0.15, 0.2) is 0 Å². The van der Waals surface area contributed by atoms with Crippen LogP contribution < -0.4 is 0 Å². The number of ether oxygens (including phenoxy) is 2. The fourth-order valence-electron chi connectivity index (χ4n) is 1.46. The normalized spacial score (nSPS) is 14.2. The van der Waals surface area contributed by atoms with Crippen LogP contribution in [0.2, 0.25) is 0 Å². The Balaban J connectivity index is 4.56. The molecule has 19 heavy (non-hydrogen) atoms. The molecule has 112 valence electrons. The molecule has 0 amide bonds. The van der Waals surface area contributed by atoms with Crippen molar-refractivity contribution < 1.29 is 19.1 Å². The Labute approximate surface area is 116 Å². The highest BCUT2D eigenvalue weighted by atomic mass is 16.6. The highest BCUT2D eigenvalue weighted by Gasteiger charge is 2.38. The van der Waals surface area contributed by atoms with E-state index in [2.05, 4.69) is 13.8 Å². The van der Waals surface area contributed by atoms with Crippen molar-refractivity contribution in [1.29, 1.82) is 0 Å². The predicted octanol–water partition coefficient (Wildman–Crippen LogP) is 3.33. The van der Waals surface area contributed by atoms with Gasteiger partial charge in [-0.3, -0.25) is 4.79 Å². The summed E-state index contributed by atoms with van der Waals surface area (Å²) in [4.78, 5) is 23.8. The topological polar surface area (TPSA) is 52.6 Å². The van der Waals surface area contributed by atoms with Crippen LogP contribution in [0.1, 0.15) is 61.8 Å². The van der Waals surface area contributed by atoms with Crippen LogP contribution in [0.25, 0.3) is 0 Å². The first-order chi connectivity index (χ1) is 8.36. The van der Waals surface area contributed by atoms with E-state index in [-0.39, 0.29) is 6.10 Å². The Bertz CT molecular complexity index is 324. The average molecular weight is 272 g/mol. The van der Waals surface area contributed by atoms with Gasteiger partial charge >= 0.3 is 11.9 Å². The van der Waals surface area contributed by atoms with Crippen molar-refractivity contribution in [1.82, 2.24) is 0 Å². The smallest absolute Gasteiger partial charge is 0.350 e. The first kappa shape index (κ1) is 17.9. The third-order valence-corrected chi connectivity index (χ3v) is 2.56. The highest BCUT2D eigenvalue weighted by molar-refractivity contribution is 5.84. The van der Waals surface area contributed by atoms with Crippen LogP contribution in [0.15, 0.2) is 0 Å². The maximum Gasteiger partial charge on any atom is 0.350 e. The maximum absolute atomic E-state index is 12.0. The lowest BCUT2D eigenvalue weighted by molar-refractivity contribution is -0.186. The van der Waals surface area contributed by atoms with Crippen molar-refractivity contribution in [2.45, 2.75) is 73.5 Å². The van der Waals surface area contributed by atoms with Gasteiger partial charge in [0.25, 0.3) is 0 Å². The summed E-state index contributed by atoms with van der Waals surface area (Å²) in [7, 11) is 0. The van der Waals surface area contributed by atoms with E-state index in [1.54, 1.807) is 34.6 Å².